The number of hydrogen-bond donors (Lipinski definition) is 0. The number of thiophene rings is 1. The van der Waals surface area contributed by atoms with Gasteiger partial charge in [-0.05, 0) is 30.4 Å². The molecule has 114 valence electrons. The van der Waals surface area contributed by atoms with Gasteiger partial charge in [0, 0.05) is 5.75 Å². The fourth-order valence-corrected chi connectivity index (χ4v) is 3.30. The summed E-state index contributed by atoms with van der Waals surface area (Å²) in [5.74, 6) is 0.394. The smallest absolute Gasteiger partial charge is 0.201 e. The molecule has 0 aliphatic carbocycles. The van der Waals surface area contributed by atoms with Gasteiger partial charge in [0.2, 0.25) is 11.0 Å². The predicted molar refractivity (Wildman–Crippen MR) is 82.7 cm³/mol. The average molecular weight is 330 g/mol. The third kappa shape index (κ3) is 4.10. The van der Waals surface area contributed by atoms with Crippen LogP contribution in [-0.4, -0.2) is 26.8 Å². The van der Waals surface area contributed by atoms with E-state index < -0.39 is 12.2 Å². The zero-order valence-electron chi connectivity index (χ0n) is 11.8. The van der Waals surface area contributed by atoms with Gasteiger partial charge in [0.15, 0.2) is 0 Å². The molecule has 0 fully saturated rings. The number of rotatable bonds is 7. The first-order valence-corrected chi connectivity index (χ1v) is 8.44. The molecule has 0 bridgehead atoms. The number of alkyl halides is 2. The largest absolute Gasteiger partial charge is 0.299 e. The van der Waals surface area contributed by atoms with E-state index in [1.54, 1.807) is 6.21 Å². The molecule has 21 heavy (non-hydrogen) atoms. The number of aryl methyl sites for hydroxylation is 1. The lowest BCUT2D eigenvalue weighted by atomic mass is 10.3. The number of hydrogen-bond acceptors (Lipinski definition) is 5. The standard InChI is InChI=1S/C13H16F2N4S2/c1-3-4-6-21-13-18-17-12(11(14)15)19(13)16-8-10-9(2)5-7-20-10/h5,7-8,11H,3-4,6H2,1-2H3. The van der Waals surface area contributed by atoms with E-state index in [9.17, 15) is 8.78 Å². The Labute approximate surface area is 130 Å². The third-order valence-electron chi connectivity index (χ3n) is 2.75. The van der Waals surface area contributed by atoms with Crippen molar-refractivity contribution in [1.82, 2.24) is 14.9 Å². The lowest BCUT2D eigenvalue weighted by Crippen LogP contribution is -2.01. The molecular weight excluding hydrogens is 314 g/mol. The fraction of sp³-hybridized carbons (Fsp3) is 0.462. The van der Waals surface area contributed by atoms with Crippen molar-refractivity contribution >= 4 is 29.3 Å². The van der Waals surface area contributed by atoms with E-state index in [4.69, 9.17) is 0 Å². The van der Waals surface area contributed by atoms with Crippen LogP contribution < -0.4 is 0 Å². The Bertz CT molecular complexity index is 607. The van der Waals surface area contributed by atoms with E-state index in [0.717, 1.165) is 33.7 Å². The first-order valence-electron chi connectivity index (χ1n) is 6.58. The fourth-order valence-electron chi connectivity index (χ4n) is 1.55. The molecule has 0 unspecified atom stereocenters. The van der Waals surface area contributed by atoms with E-state index >= 15 is 0 Å². The number of nitrogens with zero attached hydrogens (tertiary/aromatic N) is 4. The third-order valence-corrected chi connectivity index (χ3v) is 4.71. The van der Waals surface area contributed by atoms with Crippen LogP contribution in [0.3, 0.4) is 0 Å². The molecule has 0 aromatic carbocycles. The molecular formula is C13H16F2N4S2. The van der Waals surface area contributed by atoms with Gasteiger partial charge in [0.25, 0.3) is 6.43 Å². The van der Waals surface area contributed by atoms with Crippen molar-refractivity contribution in [2.75, 3.05) is 5.75 Å². The second-order valence-electron chi connectivity index (χ2n) is 4.37. The zero-order valence-corrected chi connectivity index (χ0v) is 13.4. The molecule has 4 nitrogen and oxygen atoms in total. The van der Waals surface area contributed by atoms with Crippen LogP contribution in [0.15, 0.2) is 21.7 Å². The minimum absolute atomic E-state index is 0.407. The van der Waals surface area contributed by atoms with Gasteiger partial charge >= 0.3 is 0 Å². The van der Waals surface area contributed by atoms with Crippen LogP contribution in [0, 0.1) is 6.92 Å². The van der Waals surface area contributed by atoms with Crippen molar-refractivity contribution in [3.05, 3.63) is 27.7 Å². The molecule has 2 rings (SSSR count). The maximum Gasteiger partial charge on any atom is 0.299 e. The predicted octanol–water partition coefficient (Wildman–Crippen LogP) is 4.36. The maximum atomic E-state index is 13.0. The van der Waals surface area contributed by atoms with Gasteiger partial charge in [0.1, 0.15) is 0 Å². The first kappa shape index (κ1) is 16.1. The highest BCUT2D eigenvalue weighted by molar-refractivity contribution is 7.99. The molecule has 0 aliphatic heterocycles. The Balaban J connectivity index is 2.24. The lowest BCUT2D eigenvalue weighted by molar-refractivity contribution is 0.135. The quantitative estimate of drug-likeness (QED) is 0.430. The number of aromatic nitrogens is 3. The SMILES string of the molecule is CCCCSc1nnc(C(F)F)n1N=Cc1sccc1C. The second kappa shape index (κ2) is 7.65. The highest BCUT2D eigenvalue weighted by Crippen LogP contribution is 2.24. The molecule has 0 aliphatic rings. The van der Waals surface area contributed by atoms with Gasteiger partial charge in [-0.3, -0.25) is 0 Å². The molecule has 0 amide bonds. The summed E-state index contributed by atoms with van der Waals surface area (Å²) in [4.78, 5) is 0.938. The molecule has 0 atom stereocenters. The van der Waals surface area contributed by atoms with Crippen molar-refractivity contribution in [3.63, 3.8) is 0 Å². The highest BCUT2D eigenvalue weighted by atomic mass is 32.2. The number of thioether (sulfide) groups is 1. The monoisotopic (exact) mass is 330 g/mol. The Morgan fingerprint density at radius 2 is 2.29 bits per heavy atom. The Morgan fingerprint density at radius 3 is 2.90 bits per heavy atom. The van der Waals surface area contributed by atoms with E-state index in [-0.39, 0.29) is 0 Å². The molecule has 2 aromatic rings. The van der Waals surface area contributed by atoms with Gasteiger partial charge in [-0.15, -0.1) is 21.5 Å². The summed E-state index contributed by atoms with van der Waals surface area (Å²) in [6.45, 7) is 4.03. The van der Waals surface area contributed by atoms with Crippen LogP contribution in [0.5, 0.6) is 0 Å². The minimum Gasteiger partial charge on any atom is -0.201 e. The van der Waals surface area contributed by atoms with Gasteiger partial charge < -0.3 is 0 Å². The van der Waals surface area contributed by atoms with Crippen LogP contribution in [0.2, 0.25) is 0 Å². The lowest BCUT2D eigenvalue weighted by Gasteiger charge is -2.03. The summed E-state index contributed by atoms with van der Waals surface area (Å²) < 4.78 is 27.1. The maximum absolute atomic E-state index is 13.0. The highest BCUT2D eigenvalue weighted by Gasteiger charge is 2.20. The normalized spacial score (nSPS) is 11.9. The van der Waals surface area contributed by atoms with Gasteiger partial charge in [-0.25, -0.2) is 8.78 Å². The zero-order chi connectivity index (χ0) is 15.2. The van der Waals surface area contributed by atoms with Gasteiger partial charge in [-0.1, -0.05) is 25.1 Å². The van der Waals surface area contributed by atoms with Crippen LogP contribution in [0.25, 0.3) is 0 Å². The van der Waals surface area contributed by atoms with E-state index in [2.05, 4.69) is 22.2 Å². The topological polar surface area (TPSA) is 43.1 Å². The van der Waals surface area contributed by atoms with Crippen molar-refractivity contribution < 1.29 is 8.78 Å². The van der Waals surface area contributed by atoms with Crippen molar-refractivity contribution in [2.45, 2.75) is 38.3 Å². The molecule has 0 saturated heterocycles. The summed E-state index contributed by atoms with van der Waals surface area (Å²) >= 11 is 2.91. The second-order valence-corrected chi connectivity index (χ2v) is 6.38. The summed E-state index contributed by atoms with van der Waals surface area (Å²) in [6, 6.07) is 1.96. The first-order chi connectivity index (χ1) is 10.1. The molecule has 8 heteroatoms. The summed E-state index contributed by atoms with van der Waals surface area (Å²) in [7, 11) is 0. The summed E-state index contributed by atoms with van der Waals surface area (Å²) in [5.41, 5.74) is 1.07. The van der Waals surface area contributed by atoms with Gasteiger partial charge in [0.05, 0.1) is 11.1 Å². The molecule has 2 aromatic heterocycles. The van der Waals surface area contributed by atoms with E-state index in [1.165, 1.54) is 23.1 Å². The van der Waals surface area contributed by atoms with E-state index in [0.29, 0.717) is 5.16 Å². The summed E-state index contributed by atoms with van der Waals surface area (Å²) in [5, 5.41) is 13.9. The number of halogens is 2. The Morgan fingerprint density at radius 1 is 1.48 bits per heavy atom. The average Bonchev–Trinajstić information content (AvgIpc) is 3.03. The Hall–Kier alpha value is -1.28. The molecule has 2 heterocycles. The number of unbranched alkanes of at least 4 members (excludes halogenated alkanes) is 1. The van der Waals surface area contributed by atoms with Crippen LogP contribution in [0.1, 0.15) is 42.5 Å². The van der Waals surface area contributed by atoms with Crippen LogP contribution >= 0.6 is 23.1 Å². The minimum atomic E-state index is -2.69. The van der Waals surface area contributed by atoms with Crippen LogP contribution in [0.4, 0.5) is 8.78 Å². The molecule has 0 N–H and O–H groups in total. The summed E-state index contributed by atoms with van der Waals surface area (Å²) in [6.07, 6.45) is 0.925. The van der Waals surface area contributed by atoms with Crippen molar-refractivity contribution in [3.8, 4) is 0 Å². The van der Waals surface area contributed by atoms with Crippen molar-refractivity contribution in [1.29, 1.82) is 0 Å². The molecule has 0 saturated carbocycles. The van der Waals surface area contributed by atoms with E-state index in [1.807, 2.05) is 18.4 Å². The Kier molecular flexibility index (Phi) is 5.86. The van der Waals surface area contributed by atoms with Crippen LogP contribution in [-0.2, 0) is 0 Å². The van der Waals surface area contributed by atoms with Crippen molar-refractivity contribution in [2.24, 2.45) is 5.10 Å². The van der Waals surface area contributed by atoms with Gasteiger partial charge in [-0.2, -0.15) is 9.78 Å². The molecule has 0 spiro atoms. The molecule has 0 radical (unpaired) electrons.